The lowest BCUT2D eigenvalue weighted by Gasteiger charge is -2.30. The molecule has 0 unspecified atom stereocenters. The van der Waals surface area contributed by atoms with Crippen LogP contribution in [0.15, 0.2) is 47.9 Å². The van der Waals surface area contributed by atoms with Gasteiger partial charge in [0.05, 0.1) is 6.54 Å². The van der Waals surface area contributed by atoms with E-state index < -0.39 is 11.5 Å². The van der Waals surface area contributed by atoms with Gasteiger partial charge >= 0.3 is 0 Å². The number of H-pyrrole nitrogens is 1. The molecule has 1 aliphatic heterocycles. The van der Waals surface area contributed by atoms with Crippen LogP contribution in [0.25, 0.3) is 23.0 Å². The molecule has 0 saturated carbocycles. The van der Waals surface area contributed by atoms with Gasteiger partial charge in [0.1, 0.15) is 18.0 Å². The van der Waals surface area contributed by atoms with E-state index in [1.54, 1.807) is 17.2 Å². The number of carbonyl (C=O) groups excluding carboxylic acids is 1. The molecule has 0 atom stereocenters. The van der Waals surface area contributed by atoms with E-state index in [0.717, 1.165) is 32.8 Å². The number of amides is 1. The van der Waals surface area contributed by atoms with Crippen molar-refractivity contribution in [2.24, 2.45) is 0 Å². The minimum Gasteiger partial charge on any atom is -0.474 e. The molecule has 1 aromatic carbocycles. The van der Waals surface area contributed by atoms with Crippen molar-refractivity contribution < 1.29 is 9.53 Å². The first-order chi connectivity index (χ1) is 15.1. The predicted molar refractivity (Wildman–Crippen MR) is 113 cm³/mol. The van der Waals surface area contributed by atoms with Gasteiger partial charge in [-0.05, 0) is 28.8 Å². The normalized spacial score (nSPS) is 13.0. The molecule has 1 amide bonds. The molecule has 4 aromatic rings. The standard InChI is InChI=1S/C21H17N7O3/c1-3-13-6-4-5-7-14(13)15-11-22-19-18(12(15)2)27(8-9-31-19)20(30)16-10-17(29)28-21(23-16)24-25-26-28/h3-7,10-11H,1,8-9H2,2H3,(H,23,24,26). The lowest BCUT2D eigenvalue weighted by molar-refractivity contribution is 0.0970. The number of aromatic nitrogens is 6. The summed E-state index contributed by atoms with van der Waals surface area (Å²) in [4.78, 5) is 35.8. The Bertz CT molecular complexity index is 1410. The van der Waals surface area contributed by atoms with Crippen molar-refractivity contribution in [3.63, 3.8) is 0 Å². The summed E-state index contributed by atoms with van der Waals surface area (Å²) in [5.74, 6) is -0.0600. The van der Waals surface area contributed by atoms with Crippen LogP contribution in [0, 0.1) is 6.92 Å². The number of fused-ring (bicyclic) bond motifs is 2. The summed E-state index contributed by atoms with van der Waals surface area (Å²) in [6.45, 7) is 6.36. The summed E-state index contributed by atoms with van der Waals surface area (Å²) < 4.78 is 6.77. The van der Waals surface area contributed by atoms with E-state index in [0.29, 0.717) is 18.1 Å². The van der Waals surface area contributed by atoms with Crippen LogP contribution in [0.4, 0.5) is 5.69 Å². The van der Waals surface area contributed by atoms with E-state index in [2.05, 4.69) is 32.1 Å². The maximum atomic E-state index is 13.4. The summed E-state index contributed by atoms with van der Waals surface area (Å²) in [6.07, 6.45) is 3.51. The molecule has 0 saturated heterocycles. The van der Waals surface area contributed by atoms with Crippen molar-refractivity contribution >= 4 is 23.4 Å². The highest BCUT2D eigenvalue weighted by molar-refractivity contribution is 6.07. The van der Waals surface area contributed by atoms with Crippen molar-refractivity contribution in [2.75, 3.05) is 18.1 Å². The Kier molecular flexibility index (Phi) is 4.32. The number of nitrogens with one attached hydrogen (secondary N) is 1. The molecule has 31 heavy (non-hydrogen) atoms. The highest BCUT2D eigenvalue weighted by Gasteiger charge is 2.30. The topological polar surface area (TPSA) is 118 Å². The lowest BCUT2D eigenvalue weighted by Crippen LogP contribution is -2.40. The van der Waals surface area contributed by atoms with Crippen molar-refractivity contribution in [3.05, 3.63) is 70.3 Å². The zero-order chi connectivity index (χ0) is 21.5. The first-order valence-corrected chi connectivity index (χ1v) is 9.55. The SMILES string of the molecule is C=Cc1ccccc1-c1cnc2c(c1C)N(C(=O)c1cc(=O)n3[nH]nnc3n1)CCO2. The third kappa shape index (κ3) is 2.96. The number of benzene rings is 1. The Balaban J connectivity index is 1.64. The molecule has 0 fully saturated rings. The van der Waals surface area contributed by atoms with Gasteiger partial charge in [-0.3, -0.25) is 14.5 Å². The molecule has 4 heterocycles. The fourth-order valence-electron chi connectivity index (χ4n) is 3.72. The molecule has 10 heteroatoms. The number of rotatable bonds is 3. The number of tetrazole rings is 1. The lowest BCUT2D eigenvalue weighted by atomic mass is 9.96. The van der Waals surface area contributed by atoms with E-state index in [-0.39, 0.29) is 18.1 Å². The predicted octanol–water partition coefficient (Wildman–Crippen LogP) is 1.87. The molecular weight excluding hydrogens is 398 g/mol. The largest absolute Gasteiger partial charge is 0.474 e. The Labute approximate surface area is 175 Å². The number of hydrogen-bond donors (Lipinski definition) is 1. The Morgan fingerprint density at radius 2 is 2.13 bits per heavy atom. The van der Waals surface area contributed by atoms with Crippen molar-refractivity contribution in [1.82, 2.24) is 30.0 Å². The minimum absolute atomic E-state index is 0.0211. The smallest absolute Gasteiger partial charge is 0.277 e. The number of pyridine rings is 1. The third-order valence-electron chi connectivity index (χ3n) is 5.22. The Morgan fingerprint density at radius 3 is 2.97 bits per heavy atom. The first kappa shape index (κ1) is 18.7. The highest BCUT2D eigenvalue weighted by atomic mass is 16.5. The van der Waals surface area contributed by atoms with Gasteiger partial charge in [0.2, 0.25) is 5.88 Å². The van der Waals surface area contributed by atoms with Crippen LogP contribution < -0.4 is 15.2 Å². The van der Waals surface area contributed by atoms with Crippen LogP contribution in [0.3, 0.4) is 0 Å². The average Bonchev–Trinajstić information content (AvgIpc) is 3.28. The zero-order valence-electron chi connectivity index (χ0n) is 16.6. The van der Waals surface area contributed by atoms with Gasteiger partial charge in [-0.2, -0.15) is 9.73 Å². The van der Waals surface area contributed by atoms with Gasteiger partial charge < -0.3 is 4.74 Å². The maximum Gasteiger partial charge on any atom is 0.277 e. The zero-order valence-corrected chi connectivity index (χ0v) is 16.6. The van der Waals surface area contributed by atoms with Gasteiger partial charge in [-0.25, -0.2) is 9.97 Å². The second-order valence-corrected chi connectivity index (χ2v) is 6.96. The molecule has 0 spiro atoms. The second kappa shape index (κ2) is 7.17. The number of anilines is 1. The van der Waals surface area contributed by atoms with E-state index in [9.17, 15) is 9.59 Å². The van der Waals surface area contributed by atoms with Gasteiger partial charge in [0.15, 0.2) is 0 Å². The summed E-state index contributed by atoms with van der Waals surface area (Å²) in [6, 6.07) is 8.97. The van der Waals surface area contributed by atoms with E-state index >= 15 is 0 Å². The summed E-state index contributed by atoms with van der Waals surface area (Å²) in [7, 11) is 0. The van der Waals surface area contributed by atoms with E-state index in [4.69, 9.17) is 4.74 Å². The van der Waals surface area contributed by atoms with Crippen LogP contribution in [-0.2, 0) is 0 Å². The summed E-state index contributed by atoms with van der Waals surface area (Å²) in [5.41, 5.74) is 3.63. The fourth-order valence-corrected chi connectivity index (χ4v) is 3.72. The third-order valence-corrected chi connectivity index (χ3v) is 5.22. The molecule has 3 aromatic heterocycles. The number of ether oxygens (including phenoxy) is 1. The molecule has 1 aliphatic rings. The summed E-state index contributed by atoms with van der Waals surface area (Å²) >= 11 is 0. The molecule has 154 valence electrons. The van der Waals surface area contributed by atoms with E-state index in [1.807, 2.05) is 31.2 Å². The minimum atomic E-state index is -0.477. The Hall–Kier alpha value is -4.34. The van der Waals surface area contributed by atoms with Crippen LogP contribution in [0.2, 0.25) is 0 Å². The molecule has 0 radical (unpaired) electrons. The quantitative estimate of drug-likeness (QED) is 0.542. The average molecular weight is 415 g/mol. The van der Waals surface area contributed by atoms with Crippen LogP contribution in [-0.4, -0.2) is 49.1 Å². The Morgan fingerprint density at radius 1 is 1.29 bits per heavy atom. The molecule has 10 nitrogen and oxygen atoms in total. The van der Waals surface area contributed by atoms with Crippen LogP contribution in [0.5, 0.6) is 5.88 Å². The summed E-state index contributed by atoms with van der Waals surface area (Å²) in [5, 5.41) is 9.69. The molecular formula is C21H17N7O3. The fraction of sp³-hybridized carbons (Fsp3) is 0.143. The molecule has 0 aliphatic carbocycles. The van der Waals surface area contributed by atoms with Crippen molar-refractivity contribution in [1.29, 1.82) is 0 Å². The number of carbonyl (C=O) groups is 1. The highest BCUT2D eigenvalue weighted by Crippen LogP contribution is 2.39. The number of aromatic amines is 1. The van der Waals surface area contributed by atoms with Gasteiger partial charge in [-0.1, -0.05) is 42.0 Å². The molecule has 5 rings (SSSR count). The maximum absolute atomic E-state index is 13.4. The molecule has 1 N–H and O–H groups in total. The van der Waals surface area contributed by atoms with Crippen LogP contribution in [0.1, 0.15) is 21.6 Å². The molecule has 0 bridgehead atoms. The van der Waals surface area contributed by atoms with Crippen LogP contribution >= 0.6 is 0 Å². The monoisotopic (exact) mass is 415 g/mol. The van der Waals surface area contributed by atoms with E-state index in [1.165, 1.54) is 0 Å². The number of nitrogens with zero attached hydrogens (tertiary/aromatic N) is 6. The van der Waals surface area contributed by atoms with Gasteiger partial charge in [0, 0.05) is 17.8 Å². The number of hydrogen-bond acceptors (Lipinski definition) is 7. The second-order valence-electron chi connectivity index (χ2n) is 6.96. The van der Waals surface area contributed by atoms with Crippen molar-refractivity contribution in [3.8, 4) is 17.0 Å². The van der Waals surface area contributed by atoms with Gasteiger partial charge in [0.25, 0.3) is 17.2 Å². The van der Waals surface area contributed by atoms with Crippen molar-refractivity contribution in [2.45, 2.75) is 6.92 Å². The first-order valence-electron chi connectivity index (χ1n) is 9.55. The van der Waals surface area contributed by atoms with Gasteiger partial charge in [-0.15, -0.1) is 0 Å².